The molecule has 18 heavy (non-hydrogen) atoms. The van der Waals surface area contributed by atoms with Crippen LogP contribution in [0.5, 0.6) is 5.75 Å². The van der Waals surface area contributed by atoms with Crippen LogP contribution in [0, 0.1) is 0 Å². The Morgan fingerprint density at radius 2 is 2.33 bits per heavy atom. The van der Waals surface area contributed by atoms with E-state index in [0.717, 1.165) is 0 Å². The summed E-state index contributed by atoms with van der Waals surface area (Å²) < 4.78 is 24.9. The van der Waals surface area contributed by atoms with E-state index in [0.29, 0.717) is 30.7 Å². The minimum atomic E-state index is -2.98. The zero-order valence-corrected chi connectivity index (χ0v) is 10.5. The molecule has 0 aromatic carbocycles. The van der Waals surface area contributed by atoms with Gasteiger partial charge in [-0.25, -0.2) is 17.9 Å². The fraction of sp³-hybridized carbons (Fsp3) is 0.455. The quantitative estimate of drug-likeness (QED) is 0.859. The maximum absolute atomic E-state index is 11.7. The van der Waals surface area contributed by atoms with Crippen molar-refractivity contribution in [3.8, 4) is 5.75 Å². The molecular weight excluding hydrogens is 254 g/mol. The maximum Gasteiger partial charge on any atom is 0.197 e. The van der Waals surface area contributed by atoms with Gasteiger partial charge in [-0.1, -0.05) is 0 Å². The second kappa shape index (κ2) is 3.94. The molecule has 1 aliphatic rings. The van der Waals surface area contributed by atoms with Crippen LogP contribution in [0.15, 0.2) is 18.3 Å². The van der Waals surface area contributed by atoms with Crippen molar-refractivity contribution >= 4 is 15.5 Å². The standard InChI is InChI=1S/C11H13N3O3S/c15-9-4-1-5-14-11(9)12-10(13-14)7-8-3-2-6-18(8,16)17/h1,4-5,8,15H,2-3,6-7H2. The molecule has 0 amide bonds. The molecule has 7 heteroatoms. The molecule has 1 atom stereocenters. The van der Waals surface area contributed by atoms with E-state index in [4.69, 9.17) is 0 Å². The van der Waals surface area contributed by atoms with E-state index < -0.39 is 9.84 Å². The van der Waals surface area contributed by atoms with Gasteiger partial charge in [-0.15, -0.1) is 0 Å². The second-order valence-electron chi connectivity index (χ2n) is 4.52. The van der Waals surface area contributed by atoms with Gasteiger partial charge in [0.25, 0.3) is 0 Å². The summed E-state index contributed by atoms with van der Waals surface area (Å²) in [4.78, 5) is 4.18. The van der Waals surface area contributed by atoms with Gasteiger partial charge in [-0.2, -0.15) is 5.10 Å². The molecular formula is C11H13N3O3S. The zero-order chi connectivity index (χ0) is 12.8. The van der Waals surface area contributed by atoms with Crippen molar-refractivity contribution in [3.05, 3.63) is 24.2 Å². The zero-order valence-electron chi connectivity index (χ0n) is 9.65. The summed E-state index contributed by atoms with van der Waals surface area (Å²) >= 11 is 0. The van der Waals surface area contributed by atoms with Gasteiger partial charge in [0, 0.05) is 12.6 Å². The Bertz CT molecular complexity index is 693. The topological polar surface area (TPSA) is 84.6 Å². The summed E-state index contributed by atoms with van der Waals surface area (Å²) in [6.45, 7) is 0. The highest BCUT2D eigenvalue weighted by Crippen LogP contribution is 2.23. The van der Waals surface area contributed by atoms with Gasteiger partial charge >= 0.3 is 0 Å². The first-order valence-corrected chi connectivity index (χ1v) is 7.52. The molecule has 2 aromatic heterocycles. The molecule has 1 aliphatic heterocycles. The third-order valence-electron chi connectivity index (χ3n) is 3.26. The van der Waals surface area contributed by atoms with Crippen LogP contribution < -0.4 is 0 Å². The molecule has 2 aromatic rings. The van der Waals surface area contributed by atoms with Gasteiger partial charge in [0.1, 0.15) is 0 Å². The first-order chi connectivity index (χ1) is 8.56. The van der Waals surface area contributed by atoms with Crippen molar-refractivity contribution in [2.75, 3.05) is 5.75 Å². The van der Waals surface area contributed by atoms with Gasteiger partial charge in [0.15, 0.2) is 27.1 Å². The number of fused-ring (bicyclic) bond motifs is 1. The third kappa shape index (κ3) is 1.84. The van der Waals surface area contributed by atoms with E-state index in [1.54, 1.807) is 12.3 Å². The predicted molar refractivity (Wildman–Crippen MR) is 65.2 cm³/mol. The molecule has 0 aliphatic carbocycles. The molecule has 1 N–H and O–H groups in total. The summed E-state index contributed by atoms with van der Waals surface area (Å²) in [5.41, 5.74) is 0.364. The predicted octanol–water partition coefficient (Wildman–Crippen LogP) is 0.555. The van der Waals surface area contributed by atoms with Crippen LogP contribution in [0.3, 0.4) is 0 Å². The molecule has 0 bridgehead atoms. The first kappa shape index (κ1) is 11.5. The molecule has 3 rings (SSSR count). The number of nitrogens with zero attached hydrogens (tertiary/aromatic N) is 3. The van der Waals surface area contributed by atoms with Crippen molar-refractivity contribution in [2.24, 2.45) is 0 Å². The Hall–Kier alpha value is -1.63. The highest BCUT2D eigenvalue weighted by atomic mass is 32.2. The van der Waals surface area contributed by atoms with E-state index in [1.165, 1.54) is 10.6 Å². The summed E-state index contributed by atoms with van der Waals surface area (Å²) in [7, 11) is -2.98. The fourth-order valence-corrected chi connectivity index (χ4v) is 4.15. The minimum Gasteiger partial charge on any atom is -0.504 e. The fourth-order valence-electron chi connectivity index (χ4n) is 2.31. The van der Waals surface area contributed by atoms with Crippen molar-refractivity contribution in [3.63, 3.8) is 0 Å². The molecule has 0 saturated carbocycles. The number of aromatic nitrogens is 3. The van der Waals surface area contributed by atoms with Crippen molar-refractivity contribution in [1.82, 2.24) is 14.6 Å². The van der Waals surface area contributed by atoms with Crippen molar-refractivity contribution < 1.29 is 13.5 Å². The molecule has 1 unspecified atom stereocenters. The molecule has 96 valence electrons. The summed E-state index contributed by atoms with van der Waals surface area (Å²) in [5.74, 6) is 0.772. The van der Waals surface area contributed by atoms with E-state index in [1.807, 2.05) is 0 Å². The smallest absolute Gasteiger partial charge is 0.197 e. The number of hydrogen-bond acceptors (Lipinski definition) is 5. The van der Waals surface area contributed by atoms with Crippen molar-refractivity contribution in [1.29, 1.82) is 0 Å². The second-order valence-corrected chi connectivity index (χ2v) is 6.93. The third-order valence-corrected chi connectivity index (χ3v) is 5.53. The Balaban J connectivity index is 1.94. The summed E-state index contributed by atoms with van der Waals surface area (Å²) in [6, 6.07) is 3.19. The van der Waals surface area contributed by atoms with Gasteiger partial charge in [-0.3, -0.25) is 0 Å². The average molecular weight is 267 g/mol. The van der Waals surface area contributed by atoms with Crippen LogP contribution in [0.1, 0.15) is 18.7 Å². The van der Waals surface area contributed by atoms with Crippen LogP contribution in [-0.2, 0) is 16.3 Å². The normalized spacial score (nSPS) is 22.6. The highest BCUT2D eigenvalue weighted by molar-refractivity contribution is 7.92. The number of hydrogen-bond donors (Lipinski definition) is 1. The molecule has 6 nitrogen and oxygen atoms in total. The lowest BCUT2D eigenvalue weighted by Crippen LogP contribution is -2.19. The average Bonchev–Trinajstić information content (AvgIpc) is 2.84. The lowest BCUT2D eigenvalue weighted by molar-refractivity contribution is 0.477. The van der Waals surface area contributed by atoms with Crippen LogP contribution in [0.4, 0.5) is 0 Å². The van der Waals surface area contributed by atoms with E-state index in [2.05, 4.69) is 10.1 Å². The largest absolute Gasteiger partial charge is 0.504 e. The Morgan fingerprint density at radius 1 is 1.50 bits per heavy atom. The van der Waals surface area contributed by atoms with Crippen molar-refractivity contribution in [2.45, 2.75) is 24.5 Å². The minimum absolute atomic E-state index is 0.0468. The molecule has 0 spiro atoms. The molecule has 1 saturated heterocycles. The summed E-state index contributed by atoms with van der Waals surface area (Å²) in [6.07, 6.45) is 3.38. The van der Waals surface area contributed by atoms with Crippen LogP contribution in [0.25, 0.3) is 5.65 Å². The number of sulfone groups is 1. The van der Waals surface area contributed by atoms with E-state index in [-0.39, 0.29) is 16.8 Å². The molecule has 3 heterocycles. The Kier molecular flexibility index (Phi) is 2.51. The first-order valence-electron chi connectivity index (χ1n) is 5.81. The van der Waals surface area contributed by atoms with Crippen LogP contribution in [0.2, 0.25) is 0 Å². The van der Waals surface area contributed by atoms with Gasteiger partial charge in [-0.05, 0) is 25.0 Å². The summed E-state index contributed by atoms with van der Waals surface area (Å²) in [5, 5.41) is 13.4. The molecule has 0 radical (unpaired) electrons. The SMILES string of the molecule is O=S1(=O)CCCC1Cc1nc2c(O)cccn2n1. The Morgan fingerprint density at radius 3 is 3.00 bits per heavy atom. The number of rotatable bonds is 2. The van der Waals surface area contributed by atoms with Gasteiger partial charge in [0.2, 0.25) is 0 Å². The Labute approximate surface area is 104 Å². The lowest BCUT2D eigenvalue weighted by Gasteiger charge is -2.04. The van der Waals surface area contributed by atoms with Gasteiger partial charge < -0.3 is 5.11 Å². The van der Waals surface area contributed by atoms with Crippen LogP contribution >= 0.6 is 0 Å². The number of aromatic hydroxyl groups is 1. The number of pyridine rings is 1. The van der Waals surface area contributed by atoms with Gasteiger partial charge in [0.05, 0.1) is 11.0 Å². The highest BCUT2D eigenvalue weighted by Gasteiger charge is 2.32. The van der Waals surface area contributed by atoms with E-state index in [9.17, 15) is 13.5 Å². The molecule has 1 fully saturated rings. The monoisotopic (exact) mass is 267 g/mol. The lowest BCUT2D eigenvalue weighted by atomic mass is 10.2. The maximum atomic E-state index is 11.7. The van der Waals surface area contributed by atoms with Crippen LogP contribution in [-0.4, -0.2) is 39.1 Å². The van der Waals surface area contributed by atoms with E-state index >= 15 is 0 Å².